The van der Waals surface area contributed by atoms with Gasteiger partial charge in [0, 0.05) is 21.2 Å². The largest absolute Gasteiger partial charge is 0.360 e. The van der Waals surface area contributed by atoms with E-state index in [0.717, 1.165) is 13.2 Å². The molecule has 20 heavy (non-hydrogen) atoms. The van der Waals surface area contributed by atoms with Crippen molar-refractivity contribution in [3.05, 3.63) is 29.8 Å². The lowest BCUT2D eigenvalue weighted by molar-refractivity contribution is 0.107. The first kappa shape index (κ1) is 17.8. The number of fused-ring (bicyclic) bond motifs is 1. The van der Waals surface area contributed by atoms with Gasteiger partial charge in [0.25, 0.3) is 0 Å². The highest BCUT2D eigenvalue weighted by Gasteiger charge is 2.26. The van der Waals surface area contributed by atoms with E-state index in [1.54, 1.807) is 0 Å². The van der Waals surface area contributed by atoms with Crippen LogP contribution in [0.2, 0.25) is 25.7 Å². The first-order valence-corrected chi connectivity index (χ1v) is 11.0. The summed E-state index contributed by atoms with van der Waals surface area (Å²) in [5.41, 5.74) is 2.54. The van der Waals surface area contributed by atoms with Crippen LogP contribution < -0.4 is 5.01 Å². The van der Waals surface area contributed by atoms with E-state index >= 15 is 0 Å². The molecule has 0 amide bonds. The van der Waals surface area contributed by atoms with Crippen molar-refractivity contribution in [1.29, 1.82) is 0 Å². The Morgan fingerprint density at radius 2 is 1.95 bits per heavy atom. The molecule has 0 fully saturated rings. The topological polar surface area (TPSA) is 15.7 Å². The molecule has 114 valence electrons. The van der Waals surface area contributed by atoms with Crippen LogP contribution in [0, 0.1) is 0 Å². The van der Waals surface area contributed by atoms with Crippen LogP contribution in [-0.2, 0) is 11.3 Å². The lowest BCUT2D eigenvalue weighted by atomic mass is 10.2. The summed E-state index contributed by atoms with van der Waals surface area (Å²) in [5, 5.41) is 4.26. The molecular weight excluding hydrogens is 311 g/mol. The molecule has 1 heterocycles. The lowest BCUT2D eigenvalue weighted by Crippen LogP contribution is -2.38. The molecule has 0 atom stereocenters. The van der Waals surface area contributed by atoms with Gasteiger partial charge in [0.15, 0.2) is 0 Å². The number of ether oxygens (including phenoxy) is 1. The van der Waals surface area contributed by atoms with Crippen LogP contribution in [0.15, 0.2) is 24.3 Å². The SMILES string of the molecule is C[Si](C)(C)CCOCN1c2ccccc2CN1CCl.Cl. The third kappa shape index (κ3) is 4.64. The van der Waals surface area contributed by atoms with Gasteiger partial charge in [-0.1, -0.05) is 37.8 Å². The standard InChI is InChI=1S/C14H23ClN2OSi.ClH/c1-19(2,3)9-8-18-12-17-14-7-5-4-6-13(14)10-16(17)11-15;/h4-7H,8-12H2,1-3H3;1H. The van der Waals surface area contributed by atoms with Crippen LogP contribution in [-0.4, -0.2) is 32.4 Å². The van der Waals surface area contributed by atoms with Crippen molar-refractivity contribution in [1.82, 2.24) is 5.01 Å². The number of anilines is 1. The molecule has 0 bridgehead atoms. The number of para-hydroxylation sites is 1. The average molecular weight is 335 g/mol. The molecule has 1 aromatic carbocycles. The van der Waals surface area contributed by atoms with Crippen molar-refractivity contribution in [2.75, 3.05) is 24.4 Å². The third-order valence-corrected chi connectivity index (χ3v) is 5.29. The van der Waals surface area contributed by atoms with E-state index in [4.69, 9.17) is 16.3 Å². The van der Waals surface area contributed by atoms with E-state index in [2.05, 4.69) is 53.9 Å². The third-order valence-electron chi connectivity index (χ3n) is 3.31. The van der Waals surface area contributed by atoms with Crippen LogP contribution in [0.1, 0.15) is 5.56 Å². The van der Waals surface area contributed by atoms with Gasteiger partial charge in [-0.15, -0.1) is 24.0 Å². The number of halogens is 2. The van der Waals surface area contributed by atoms with Crippen LogP contribution in [0.5, 0.6) is 0 Å². The maximum absolute atomic E-state index is 6.01. The summed E-state index contributed by atoms with van der Waals surface area (Å²) in [7, 11) is -1.01. The number of hydrogen-bond donors (Lipinski definition) is 0. The van der Waals surface area contributed by atoms with Gasteiger partial charge in [0.05, 0.1) is 11.7 Å². The molecular formula is C14H24Cl2N2OSi. The number of alkyl halides is 1. The van der Waals surface area contributed by atoms with E-state index in [1.165, 1.54) is 17.3 Å². The van der Waals surface area contributed by atoms with Gasteiger partial charge in [0.2, 0.25) is 0 Å². The zero-order chi connectivity index (χ0) is 13.9. The predicted molar refractivity (Wildman–Crippen MR) is 91.4 cm³/mol. The van der Waals surface area contributed by atoms with Crippen LogP contribution in [0.4, 0.5) is 5.69 Å². The highest BCUT2D eigenvalue weighted by Crippen LogP contribution is 2.30. The quantitative estimate of drug-likeness (QED) is 0.336. The normalized spacial score (nSPS) is 15.1. The van der Waals surface area contributed by atoms with Crippen molar-refractivity contribution in [2.45, 2.75) is 32.2 Å². The molecule has 1 aliphatic rings. The average Bonchev–Trinajstić information content (AvgIpc) is 2.71. The second-order valence-corrected chi connectivity index (χ2v) is 12.0. The van der Waals surface area contributed by atoms with Gasteiger partial charge in [0.1, 0.15) is 6.73 Å². The first-order valence-electron chi connectivity index (χ1n) is 6.75. The fourth-order valence-corrected chi connectivity index (χ4v) is 3.09. The second kappa shape index (κ2) is 7.66. The van der Waals surface area contributed by atoms with Crippen molar-refractivity contribution in [2.24, 2.45) is 0 Å². The minimum absolute atomic E-state index is 0. The van der Waals surface area contributed by atoms with Crippen molar-refractivity contribution in [3.63, 3.8) is 0 Å². The molecule has 1 aromatic rings. The summed E-state index contributed by atoms with van der Waals surface area (Å²) in [5.74, 6) is 0. The van der Waals surface area contributed by atoms with Gasteiger partial charge < -0.3 is 4.74 Å². The predicted octanol–water partition coefficient (Wildman–Crippen LogP) is 4.15. The van der Waals surface area contributed by atoms with E-state index in [9.17, 15) is 0 Å². The van der Waals surface area contributed by atoms with Gasteiger partial charge in [-0.2, -0.15) is 5.01 Å². The van der Waals surface area contributed by atoms with E-state index in [0.29, 0.717) is 12.7 Å². The maximum Gasteiger partial charge on any atom is 0.133 e. The van der Waals surface area contributed by atoms with E-state index in [1.807, 2.05) is 0 Å². The summed E-state index contributed by atoms with van der Waals surface area (Å²) in [4.78, 5) is 0. The Kier molecular flexibility index (Phi) is 6.81. The Balaban J connectivity index is 0.00000200. The second-order valence-electron chi connectivity index (χ2n) is 6.16. The molecule has 3 nitrogen and oxygen atoms in total. The van der Waals surface area contributed by atoms with Crippen LogP contribution in [0.3, 0.4) is 0 Å². The van der Waals surface area contributed by atoms with Gasteiger partial charge in [-0.3, -0.25) is 5.01 Å². The molecule has 0 saturated carbocycles. The fourth-order valence-electron chi connectivity index (χ4n) is 2.12. The molecule has 0 unspecified atom stereocenters. The minimum atomic E-state index is -1.01. The Hall–Kier alpha value is -0.263. The van der Waals surface area contributed by atoms with Crippen molar-refractivity contribution in [3.8, 4) is 0 Å². The Morgan fingerprint density at radius 3 is 2.60 bits per heavy atom. The Bertz CT molecular complexity index is 426. The van der Waals surface area contributed by atoms with Crippen molar-refractivity contribution >= 4 is 37.8 Å². The molecule has 0 N–H and O–H groups in total. The lowest BCUT2D eigenvalue weighted by Gasteiger charge is -2.28. The Morgan fingerprint density at radius 1 is 1.25 bits per heavy atom. The van der Waals surface area contributed by atoms with E-state index in [-0.39, 0.29) is 12.4 Å². The molecule has 2 rings (SSSR count). The summed E-state index contributed by atoms with van der Waals surface area (Å²) < 4.78 is 5.84. The summed E-state index contributed by atoms with van der Waals surface area (Å²) in [6.07, 6.45) is 0. The van der Waals surface area contributed by atoms with Gasteiger partial charge in [-0.05, 0) is 17.7 Å². The number of benzene rings is 1. The number of hydrazine groups is 1. The smallest absolute Gasteiger partial charge is 0.133 e. The van der Waals surface area contributed by atoms with Gasteiger partial charge in [-0.25, -0.2) is 0 Å². The molecule has 0 saturated heterocycles. The highest BCUT2D eigenvalue weighted by atomic mass is 35.5. The maximum atomic E-state index is 6.01. The molecule has 0 aromatic heterocycles. The Labute approximate surface area is 134 Å². The molecule has 0 radical (unpaired) electrons. The zero-order valence-corrected chi connectivity index (χ0v) is 15.0. The summed E-state index contributed by atoms with van der Waals surface area (Å²) in [6.45, 7) is 9.40. The molecule has 6 heteroatoms. The minimum Gasteiger partial charge on any atom is -0.360 e. The number of rotatable bonds is 6. The first-order chi connectivity index (χ1) is 9.01. The molecule has 1 aliphatic heterocycles. The highest BCUT2D eigenvalue weighted by molar-refractivity contribution is 6.76. The van der Waals surface area contributed by atoms with Crippen LogP contribution in [0.25, 0.3) is 0 Å². The van der Waals surface area contributed by atoms with E-state index < -0.39 is 8.07 Å². The zero-order valence-electron chi connectivity index (χ0n) is 12.4. The van der Waals surface area contributed by atoms with Gasteiger partial charge >= 0.3 is 0 Å². The number of nitrogens with zero attached hydrogens (tertiary/aromatic N) is 2. The summed E-state index contributed by atoms with van der Waals surface area (Å²) in [6, 6.07) is 10.1. The number of hydrogen-bond acceptors (Lipinski definition) is 3. The summed E-state index contributed by atoms with van der Waals surface area (Å²) >= 11 is 6.01. The van der Waals surface area contributed by atoms with Crippen molar-refractivity contribution < 1.29 is 4.74 Å². The van der Waals surface area contributed by atoms with Crippen LogP contribution >= 0.6 is 24.0 Å². The monoisotopic (exact) mass is 334 g/mol. The molecule has 0 spiro atoms. The molecule has 0 aliphatic carbocycles. The fraction of sp³-hybridized carbons (Fsp3) is 0.571.